The number of imidazole rings is 1. The van der Waals surface area contributed by atoms with E-state index in [0.717, 1.165) is 16.3 Å². The molecule has 0 aliphatic carbocycles. The van der Waals surface area contributed by atoms with Gasteiger partial charge in [-0.3, -0.25) is 0 Å². The SMILES string of the molecule is CCC(O)(c1cn(Cc2ccn3[c]([AlH2])c(C#N)nc3c2)nn1)C(F)(F)F. The number of aromatic nitrogens is 5. The van der Waals surface area contributed by atoms with E-state index in [1.807, 2.05) is 6.07 Å². The van der Waals surface area contributed by atoms with Gasteiger partial charge in [-0.25, -0.2) is 9.67 Å². The third-order valence-electron chi connectivity index (χ3n) is 4.32. The standard InChI is InChI=1S/C15H12F3N6O.Al.2H/c1-2-14(25,15(16,17)18)12-9-24(22-21-12)7-10-3-4-23-8-11(6-19)20-13(23)5-10;;;/h3-5,9,25H,2,7H2,1H3;;;. The molecule has 0 saturated heterocycles. The summed E-state index contributed by atoms with van der Waals surface area (Å²) in [6, 6.07) is 5.54. The van der Waals surface area contributed by atoms with Crippen LogP contribution in [0.15, 0.2) is 24.5 Å². The highest BCUT2D eigenvalue weighted by molar-refractivity contribution is 6.32. The Morgan fingerprint density at radius 3 is 2.73 bits per heavy atom. The minimum Gasteiger partial charge on any atom is -0.375 e. The lowest BCUT2D eigenvalue weighted by atomic mass is 9.96. The summed E-state index contributed by atoms with van der Waals surface area (Å²) in [5.41, 5.74) is -1.87. The van der Waals surface area contributed by atoms with Crippen LogP contribution in [0, 0.1) is 11.3 Å². The van der Waals surface area contributed by atoms with Gasteiger partial charge in [-0.1, -0.05) is 12.1 Å². The molecule has 26 heavy (non-hydrogen) atoms. The minimum atomic E-state index is -4.84. The summed E-state index contributed by atoms with van der Waals surface area (Å²) >= 11 is 0.655. The lowest BCUT2D eigenvalue weighted by Gasteiger charge is -2.26. The Kier molecular flexibility index (Phi) is 4.53. The van der Waals surface area contributed by atoms with E-state index in [1.54, 1.807) is 22.7 Å². The van der Waals surface area contributed by atoms with Crippen molar-refractivity contribution in [3.05, 3.63) is 41.5 Å². The monoisotopic (exact) mass is 378 g/mol. The molecule has 0 amide bonds. The van der Waals surface area contributed by atoms with Crippen LogP contribution in [0.3, 0.4) is 0 Å². The second kappa shape index (κ2) is 6.40. The molecule has 3 rings (SSSR count). The highest BCUT2D eigenvalue weighted by Crippen LogP contribution is 2.40. The zero-order valence-corrected chi connectivity index (χ0v) is 16.0. The first kappa shape index (κ1) is 18.4. The van der Waals surface area contributed by atoms with Crippen LogP contribution >= 0.6 is 0 Å². The number of fused-ring (bicyclic) bond motifs is 1. The highest BCUT2D eigenvalue weighted by atomic mass is 27.0. The second-order valence-corrected chi connectivity index (χ2v) is 6.88. The molecule has 134 valence electrons. The Balaban J connectivity index is 1.90. The molecule has 3 aromatic rings. The third kappa shape index (κ3) is 2.97. The molecule has 0 bridgehead atoms. The Morgan fingerprint density at radius 1 is 1.38 bits per heavy atom. The summed E-state index contributed by atoms with van der Waals surface area (Å²) < 4.78 is 43.2. The summed E-state index contributed by atoms with van der Waals surface area (Å²) in [7, 11) is 0. The molecule has 7 nitrogen and oxygen atoms in total. The lowest BCUT2D eigenvalue weighted by Crippen LogP contribution is -2.42. The van der Waals surface area contributed by atoms with Gasteiger partial charge in [0.2, 0.25) is 5.60 Å². The van der Waals surface area contributed by atoms with Gasteiger partial charge in [-0.2, -0.15) is 18.4 Å². The molecule has 0 aromatic carbocycles. The van der Waals surface area contributed by atoms with Gasteiger partial charge in [0, 0.05) is 6.20 Å². The second-order valence-electron chi connectivity index (χ2n) is 5.93. The quantitative estimate of drug-likeness (QED) is 0.658. The van der Waals surface area contributed by atoms with Gasteiger partial charge >= 0.3 is 6.18 Å². The van der Waals surface area contributed by atoms with Crippen LogP contribution in [0.1, 0.15) is 30.3 Å². The molecule has 0 saturated carbocycles. The van der Waals surface area contributed by atoms with E-state index in [-0.39, 0.29) is 6.54 Å². The molecule has 1 N–H and O–H groups in total. The van der Waals surface area contributed by atoms with Crippen molar-refractivity contribution in [1.82, 2.24) is 24.4 Å². The number of pyridine rings is 1. The van der Waals surface area contributed by atoms with Crippen molar-refractivity contribution >= 4 is 26.5 Å². The average molecular weight is 378 g/mol. The Morgan fingerprint density at radius 2 is 2.12 bits per heavy atom. The molecule has 11 heteroatoms. The zero-order valence-electron chi connectivity index (χ0n) is 14.0. The van der Waals surface area contributed by atoms with Crippen molar-refractivity contribution in [3.63, 3.8) is 0 Å². The van der Waals surface area contributed by atoms with Gasteiger partial charge in [-0.05, 0) is 28.7 Å². The van der Waals surface area contributed by atoms with E-state index < -0.39 is 23.9 Å². The third-order valence-corrected chi connectivity index (χ3v) is 5.28. The minimum absolute atomic E-state index is 0.159. The first-order valence-corrected chi connectivity index (χ1v) is 8.77. The van der Waals surface area contributed by atoms with E-state index in [2.05, 4.69) is 15.3 Å². The van der Waals surface area contributed by atoms with Crippen molar-refractivity contribution in [2.45, 2.75) is 31.7 Å². The summed E-state index contributed by atoms with van der Waals surface area (Å²) in [5.74, 6) is 0. The normalized spacial score (nSPS) is 14.3. The maximum atomic E-state index is 13.1. The molecule has 3 aromatic heterocycles. The fourth-order valence-corrected chi connectivity index (χ4v) is 3.29. The fourth-order valence-electron chi connectivity index (χ4n) is 2.69. The molecule has 1 unspecified atom stereocenters. The predicted octanol–water partition coefficient (Wildman–Crippen LogP) is 0.264. The summed E-state index contributed by atoms with van der Waals surface area (Å²) in [6.45, 7) is 1.39. The molecule has 1 atom stereocenters. The maximum Gasteiger partial charge on any atom is 0.423 e. The molecular formula is C15H14AlF3N6O. The van der Waals surface area contributed by atoms with Crippen LogP contribution in [0.5, 0.6) is 0 Å². The van der Waals surface area contributed by atoms with Crippen LogP contribution in [-0.4, -0.2) is 52.0 Å². The molecule has 0 radical (unpaired) electrons. The predicted molar refractivity (Wildman–Crippen MR) is 87.5 cm³/mol. The first-order valence-electron chi connectivity index (χ1n) is 7.77. The van der Waals surface area contributed by atoms with Crippen LogP contribution in [0.4, 0.5) is 13.2 Å². The number of aliphatic hydroxyl groups is 1. The van der Waals surface area contributed by atoms with Crippen molar-refractivity contribution in [2.24, 2.45) is 0 Å². The van der Waals surface area contributed by atoms with Crippen molar-refractivity contribution in [3.8, 4) is 6.07 Å². The van der Waals surface area contributed by atoms with E-state index >= 15 is 0 Å². The van der Waals surface area contributed by atoms with Crippen LogP contribution in [0.25, 0.3) is 5.65 Å². The number of hydrogen-bond acceptors (Lipinski definition) is 5. The van der Waals surface area contributed by atoms with Crippen molar-refractivity contribution in [2.75, 3.05) is 0 Å². The van der Waals surface area contributed by atoms with E-state index in [9.17, 15) is 18.3 Å². The van der Waals surface area contributed by atoms with E-state index in [4.69, 9.17) is 5.26 Å². The molecule has 3 heterocycles. The number of halogens is 3. The molecular weight excluding hydrogens is 364 g/mol. The highest BCUT2D eigenvalue weighted by Gasteiger charge is 2.55. The summed E-state index contributed by atoms with van der Waals surface area (Å²) in [6.07, 6.45) is -2.55. The maximum absolute atomic E-state index is 13.1. The van der Waals surface area contributed by atoms with Gasteiger partial charge in [0.1, 0.15) is 23.1 Å². The number of nitriles is 1. The van der Waals surface area contributed by atoms with Gasteiger partial charge < -0.3 is 9.51 Å². The molecule has 0 fully saturated rings. The molecule has 0 aliphatic rings. The van der Waals surface area contributed by atoms with Crippen LogP contribution in [0.2, 0.25) is 0 Å². The average Bonchev–Trinajstić information content (AvgIpc) is 3.18. The van der Waals surface area contributed by atoms with Gasteiger partial charge in [0.05, 0.1) is 12.7 Å². The number of alkyl halides is 3. The molecule has 0 spiro atoms. The van der Waals surface area contributed by atoms with Gasteiger partial charge in [0.15, 0.2) is 0 Å². The number of nitrogens with zero attached hydrogens (tertiary/aromatic N) is 6. The van der Waals surface area contributed by atoms with Gasteiger partial charge in [-0.15, -0.1) is 5.10 Å². The number of rotatable bonds is 4. The van der Waals surface area contributed by atoms with Crippen molar-refractivity contribution < 1.29 is 18.3 Å². The largest absolute Gasteiger partial charge is 0.423 e. The van der Waals surface area contributed by atoms with Crippen LogP contribution in [-0.2, 0) is 12.1 Å². The van der Waals surface area contributed by atoms with E-state index in [1.165, 1.54) is 11.6 Å². The Bertz CT molecular complexity index is 1010. The van der Waals surface area contributed by atoms with Gasteiger partial charge in [0.25, 0.3) is 16.3 Å². The zero-order chi connectivity index (χ0) is 19.1. The van der Waals surface area contributed by atoms with E-state index in [0.29, 0.717) is 27.6 Å². The fraction of sp³-hybridized carbons (Fsp3) is 0.333. The smallest absolute Gasteiger partial charge is 0.375 e. The Hall–Kier alpha value is -2.40. The molecule has 0 aliphatic heterocycles. The van der Waals surface area contributed by atoms with Crippen LogP contribution < -0.4 is 4.56 Å². The number of hydrogen-bond donors (Lipinski definition) is 1. The lowest BCUT2D eigenvalue weighted by molar-refractivity contribution is -0.269. The first-order chi connectivity index (χ1) is 12.2. The van der Waals surface area contributed by atoms with Crippen molar-refractivity contribution in [1.29, 1.82) is 5.26 Å². The summed E-state index contributed by atoms with van der Waals surface area (Å²) in [4.78, 5) is 4.23. The summed E-state index contributed by atoms with van der Waals surface area (Å²) in [5, 5.41) is 26.2. The topological polar surface area (TPSA) is 92.0 Å². The Labute approximate surface area is 154 Å².